The average molecular weight is 241 g/mol. The number of hydrogen-bond donors (Lipinski definition) is 1. The second kappa shape index (κ2) is 5.03. The van der Waals surface area contributed by atoms with Gasteiger partial charge in [-0.3, -0.25) is 4.21 Å². The molecule has 1 fully saturated rings. The molecule has 1 aliphatic rings. The molecule has 0 amide bonds. The molecule has 0 aliphatic carbocycles. The van der Waals surface area contributed by atoms with Gasteiger partial charge in [-0.2, -0.15) is 11.8 Å². The van der Waals surface area contributed by atoms with Crippen LogP contribution >= 0.6 is 11.8 Å². The highest BCUT2D eigenvalue weighted by Crippen LogP contribution is 2.21. The second-order valence-electron chi connectivity index (χ2n) is 3.68. The van der Waals surface area contributed by atoms with Crippen LogP contribution in [0.2, 0.25) is 0 Å². The van der Waals surface area contributed by atoms with Crippen LogP contribution < -0.4 is 5.32 Å². The van der Waals surface area contributed by atoms with E-state index in [0.29, 0.717) is 6.04 Å². The summed E-state index contributed by atoms with van der Waals surface area (Å²) < 4.78 is 11.2. The maximum absolute atomic E-state index is 11.2. The Balaban J connectivity index is 2.00. The van der Waals surface area contributed by atoms with E-state index >= 15 is 0 Å². The van der Waals surface area contributed by atoms with Crippen LogP contribution in [0.25, 0.3) is 0 Å². The van der Waals surface area contributed by atoms with Gasteiger partial charge in [-0.1, -0.05) is 0 Å². The van der Waals surface area contributed by atoms with Gasteiger partial charge in [-0.15, -0.1) is 0 Å². The number of hydrogen-bond acceptors (Lipinski definition) is 3. The molecular weight excluding hydrogens is 226 g/mol. The van der Waals surface area contributed by atoms with Crippen LogP contribution in [0.4, 0.5) is 5.69 Å². The van der Waals surface area contributed by atoms with Crippen molar-refractivity contribution < 1.29 is 4.21 Å². The zero-order chi connectivity index (χ0) is 10.7. The van der Waals surface area contributed by atoms with Crippen LogP contribution in [-0.4, -0.2) is 28.0 Å². The van der Waals surface area contributed by atoms with Crippen LogP contribution in [0.3, 0.4) is 0 Å². The third-order valence-corrected chi connectivity index (χ3v) is 4.59. The SMILES string of the molecule is CS(=O)c1ccc(NC2CCSC2)cc1. The average Bonchev–Trinajstić information content (AvgIpc) is 2.71. The Labute approximate surface area is 97.3 Å². The lowest BCUT2D eigenvalue weighted by Crippen LogP contribution is -2.17. The zero-order valence-electron chi connectivity index (χ0n) is 8.73. The summed E-state index contributed by atoms with van der Waals surface area (Å²) in [5, 5.41) is 3.49. The summed E-state index contributed by atoms with van der Waals surface area (Å²) in [6, 6.07) is 8.49. The van der Waals surface area contributed by atoms with Crippen molar-refractivity contribution >= 4 is 28.2 Å². The zero-order valence-corrected chi connectivity index (χ0v) is 10.4. The van der Waals surface area contributed by atoms with E-state index in [2.05, 4.69) is 5.32 Å². The fourth-order valence-corrected chi connectivity index (χ4v) is 3.30. The van der Waals surface area contributed by atoms with E-state index in [1.165, 1.54) is 17.9 Å². The number of anilines is 1. The summed E-state index contributed by atoms with van der Waals surface area (Å²) in [7, 11) is -0.873. The first-order valence-corrected chi connectivity index (χ1v) is 7.75. The van der Waals surface area contributed by atoms with E-state index in [9.17, 15) is 4.21 Å². The standard InChI is InChI=1S/C11H15NOS2/c1-15(13)11-4-2-9(3-5-11)12-10-6-7-14-8-10/h2-5,10,12H,6-8H2,1H3. The van der Waals surface area contributed by atoms with Gasteiger partial charge in [0.1, 0.15) is 0 Å². The highest BCUT2D eigenvalue weighted by molar-refractivity contribution is 7.99. The van der Waals surface area contributed by atoms with Gasteiger partial charge >= 0.3 is 0 Å². The molecule has 1 N–H and O–H groups in total. The highest BCUT2D eigenvalue weighted by Gasteiger charge is 2.14. The molecule has 0 aromatic heterocycles. The minimum Gasteiger partial charge on any atom is -0.381 e. The fraction of sp³-hybridized carbons (Fsp3) is 0.455. The number of nitrogens with one attached hydrogen (secondary N) is 1. The van der Waals surface area contributed by atoms with Crippen LogP contribution in [0.15, 0.2) is 29.2 Å². The lowest BCUT2D eigenvalue weighted by molar-refractivity contribution is 0.687. The predicted molar refractivity (Wildman–Crippen MR) is 68.1 cm³/mol. The van der Waals surface area contributed by atoms with Gasteiger partial charge in [0.15, 0.2) is 0 Å². The van der Waals surface area contributed by atoms with Crippen molar-refractivity contribution in [3.05, 3.63) is 24.3 Å². The molecule has 1 aromatic rings. The summed E-state index contributed by atoms with van der Waals surface area (Å²) in [5.74, 6) is 2.45. The van der Waals surface area contributed by atoms with Gasteiger partial charge in [0.25, 0.3) is 0 Å². The predicted octanol–water partition coefficient (Wildman–Crippen LogP) is 2.34. The van der Waals surface area contributed by atoms with E-state index in [4.69, 9.17) is 0 Å². The maximum Gasteiger partial charge on any atom is 0.0498 e. The molecule has 0 saturated carbocycles. The van der Waals surface area contributed by atoms with Crippen LogP contribution in [-0.2, 0) is 10.8 Å². The minimum absolute atomic E-state index is 0.605. The Morgan fingerprint density at radius 3 is 2.67 bits per heavy atom. The lowest BCUT2D eigenvalue weighted by Gasteiger charge is -2.12. The van der Waals surface area contributed by atoms with E-state index in [-0.39, 0.29) is 0 Å². The molecule has 82 valence electrons. The van der Waals surface area contributed by atoms with Crippen LogP contribution in [0.5, 0.6) is 0 Å². The summed E-state index contributed by atoms with van der Waals surface area (Å²) in [6.07, 6.45) is 2.95. The molecule has 2 rings (SSSR count). The molecule has 0 spiro atoms. The molecule has 4 heteroatoms. The largest absolute Gasteiger partial charge is 0.381 e. The molecule has 0 bridgehead atoms. The van der Waals surface area contributed by atoms with Crippen molar-refractivity contribution in [2.24, 2.45) is 0 Å². The quantitative estimate of drug-likeness (QED) is 0.880. The molecule has 1 heterocycles. The molecule has 2 nitrogen and oxygen atoms in total. The van der Waals surface area contributed by atoms with Crippen molar-refractivity contribution in [1.82, 2.24) is 0 Å². The van der Waals surface area contributed by atoms with Gasteiger partial charge in [0.2, 0.25) is 0 Å². The van der Waals surface area contributed by atoms with Crippen molar-refractivity contribution in [3.8, 4) is 0 Å². The van der Waals surface area contributed by atoms with Crippen molar-refractivity contribution in [2.45, 2.75) is 17.4 Å². The Morgan fingerprint density at radius 2 is 2.13 bits per heavy atom. The Hall–Kier alpha value is -0.480. The van der Waals surface area contributed by atoms with Crippen molar-refractivity contribution in [3.63, 3.8) is 0 Å². The molecule has 1 aromatic carbocycles. The Morgan fingerprint density at radius 1 is 1.40 bits per heavy atom. The van der Waals surface area contributed by atoms with Gasteiger partial charge in [-0.05, 0) is 36.4 Å². The summed E-state index contributed by atoms with van der Waals surface area (Å²) >= 11 is 2.00. The third-order valence-electron chi connectivity index (χ3n) is 2.49. The molecule has 2 atom stereocenters. The monoisotopic (exact) mass is 241 g/mol. The van der Waals surface area contributed by atoms with Gasteiger partial charge in [0.05, 0.1) is 0 Å². The Bertz CT molecular complexity index is 344. The normalized spacial score (nSPS) is 22.6. The minimum atomic E-state index is -0.873. The molecule has 1 aliphatic heterocycles. The maximum atomic E-state index is 11.2. The summed E-state index contributed by atoms with van der Waals surface area (Å²) in [5.41, 5.74) is 1.14. The summed E-state index contributed by atoms with van der Waals surface area (Å²) in [6.45, 7) is 0. The smallest absolute Gasteiger partial charge is 0.0498 e. The number of thioether (sulfide) groups is 1. The summed E-state index contributed by atoms with van der Waals surface area (Å²) in [4.78, 5) is 0.890. The first kappa shape index (κ1) is 11.0. The van der Waals surface area contributed by atoms with Gasteiger partial charge < -0.3 is 5.32 Å². The van der Waals surface area contributed by atoms with Gasteiger partial charge in [0, 0.05) is 39.4 Å². The van der Waals surface area contributed by atoms with Crippen LogP contribution in [0, 0.1) is 0 Å². The first-order valence-electron chi connectivity index (χ1n) is 5.03. The fourth-order valence-electron chi connectivity index (χ4n) is 1.63. The number of benzene rings is 1. The van der Waals surface area contributed by atoms with E-state index in [0.717, 1.165) is 10.6 Å². The van der Waals surface area contributed by atoms with E-state index < -0.39 is 10.8 Å². The van der Waals surface area contributed by atoms with Gasteiger partial charge in [-0.25, -0.2) is 0 Å². The van der Waals surface area contributed by atoms with E-state index in [1.54, 1.807) is 6.26 Å². The van der Waals surface area contributed by atoms with E-state index in [1.807, 2.05) is 36.0 Å². The second-order valence-corrected chi connectivity index (χ2v) is 6.21. The van der Waals surface area contributed by atoms with Crippen molar-refractivity contribution in [2.75, 3.05) is 23.1 Å². The van der Waals surface area contributed by atoms with Crippen molar-refractivity contribution in [1.29, 1.82) is 0 Å². The molecule has 1 saturated heterocycles. The third kappa shape index (κ3) is 2.98. The molecule has 2 unspecified atom stereocenters. The number of rotatable bonds is 3. The lowest BCUT2D eigenvalue weighted by atomic mass is 10.2. The Kier molecular flexibility index (Phi) is 3.70. The van der Waals surface area contributed by atoms with Crippen LogP contribution in [0.1, 0.15) is 6.42 Å². The molecule has 15 heavy (non-hydrogen) atoms. The first-order chi connectivity index (χ1) is 7.25. The molecular formula is C11H15NOS2. The highest BCUT2D eigenvalue weighted by atomic mass is 32.2. The topological polar surface area (TPSA) is 29.1 Å². The molecule has 0 radical (unpaired) electrons.